The Morgan fingerprint density at radius 2 is 1.45 bits per heavy atom. The highest BCUT2D eigenvalue weighted by atomic mass is 16.6. The van der Waals surface area contributed by atoms with Crippen molar-refractivity contribution in [2.45, 2.75) is 6.61 Å². The Hall–Kier alpha value is -3.15. The summed E-state index contributed by atoms with van der Waals surface area (Å²) in [6.45, 7) is 0.0514. The molecule has 0 radical (unpaired) electrons. The van der Waals surface area contributed by atoms with Crippen molar-refractivity contribution in [1.29, 1.82) is 0 Å². The lowest BCUT2D eigenvalue weighted by atomic mass is 10.1. The van der Waals surface area contributed by atoms with Crippen molar-refractivity contribution in [3.63, 3.8) is 0 Å². The molecule has 6 nitrogen and oxygen atoms in total. The van der Waals surface area contributed by atoms with Crippen molar-refractivity contribution in [3.05, 3.63) is 71.3 Å². The minimum atomic E-state index is -0.863. The molecule has 0 unspecified atom stereocenters. The van der Waals surface area contributed by atoms with Gasteiger partial charge in [-0.05, 0) is 17.7 Å². The van der Waals surface area contributed by atoms with Crippen LogP contribution in [0, 0.1) is 0 Å². The zero-order chi connectivity index (χ0) is 15.5. The van der Waals surface area contributed by atoms with Crippen LogP contribution in [0.2, 0.25) is 0 Å². The van der Waals surface area contributed by atoms with Crippen molar-refractivity contribution in [2.24, 2.45) is 0 Å². The fraction of sp³-hybridized carbons (Fsp3) is 0.0625. The zero-order valence-corrected chi connectivity index (χ0v) is 11.5. The summed E-state index contributed by atoms with van der Waals surface area (Å²) in [5.74, 6) is -1.14. The number of benzene rings is 2. The van der Waals surface area contributed by atoms with E-state index in [0.29, 0.717) is 5.01 Å². The van der Waals surface area contributed by atoms with Crippen LogP contribution in [0.15, 0.2) is 54.6 Å². The highest BCUT2D eigenvalue weighted by Crippen LogP contribution is 2.20. The molecular weight excluding hydrogens is 284 g/mol. The molecule has 0 saturated carbocycles. The van der Waals surface area contributed by atoms with Crippen LogP contribution in [-0.4, -0.2) is 22.9 Å². The Morgan fingerprint density at radius 1 is 0.909 bits per heavy atom. The molecule has 1 N–H and O–H groups in total. The molecule has 110 valence electrons. The molecule has 0 aromatic heterocycles. The lowest BCUT2D eigenvalue weighted by Gasteiger charge is -2.14. The number of hydrogen-bond donors (Lipinski definition) is 1. The topological polar surface area (TPSA) is 75.7 Å². The molecule has 1 heterocycles. The maximum atomic E-state index is 12.1. The predicted molar refractivity (Wildman–Crippen MR) is 76.7 cm³/mol. The number of amides is 3. The molecule has 0 bridgehead atoms. The van der Waals surface area contributed by atoms with Crippen LogP contribution in [0.5, 0.6) is 0 Å². The minimum Gasteiger partial charge on any atom is -0.443 e. The number of hydrazine groups is 1. The van der Waals surface area contributed by atoms with E-state index in [1.807, 2.05) is 18.2 Å². The molecule has 0 atom stereocenters. The number of hydrogen-bond acceptors (Lipinski definition) is 4. The number of carbonyl (C=O) groups is 3. The summed E-state index contributed by atoms with van der Waals surface area (Å²) in [6, 6.07) is 15.5. The second-order valence-electron chi connectivity index (χ2n) is 4.66. The first-order chi connectivity index (χ1) is 10.7. The number of rotatable bonds is 3. The SMILES string of the molecule is O=C(NN1C(=O)c2ccccc2C1=O)OCc1ccccc1. The van der Waals surface area contributed by atoms with Gasteiger partial charge in [0.25, 0.3) is 11.8 Å². The van der Waals surface area contributed by atoms with Crippen LogP contribution in [-0.2, 0) is 11.3 Å². The average molecular weight is 296 g/mol. The Bertz CT molecular complexity index is 708. The molecule has 0 fully saturated rings. The van der Waals surface area contributed by atoms with Gasteiger partial charge in [-0.2, -0.15) is 5.01 Å². The summed E-state index contributed by atoms with van der Waals surface area (Å²) in [5.41, 5.74) is 3.49. The number of nitrogens with one attached hydrogen (secondary N) is 1. The smallest absolute Gasteiger partial charge is 0.426 e. The van der Waals surface area contributed by atoms with Gasteiger partial charge < -0.3 is 4.74 Å². The lowest BCUT2D eigenvalue weighted by Crippen LogP contribution is -2.46. The van der Waals surface area contributed by atoms with Crippen LogP contribution in [0.25, 0.3) is 0 Å². The fourth-order valence-corrected chi connectivity index (χ4v) is 2.14. The van der Waals surface area contributed by atoms with E-state index in [1.54, 1.807) is 24.3 Å². The van der Waals surface area contributed by atoms with Gasteiger partial charge >= 0.3 is 6.09 Å². The Kier molecular flexibility index (Phi) is 3.57. The van der Waals surface area contributed by atoms with Gasteiger partial charge in [0.15, 0.2) is 0 Å². The molecular formula is C16H12N2O4. The summed E-state index contributed by atoms with van der Waals surface area (Å²) < 4.78 is 4.99. The normalized spacial score (nSPS) is 13.0. The summed E-state index contributed by atoms with van der Waals surface area (Å²) in [5, 5.41) is 0.665. The summed E-state index contributed by atoms with van der Waals surface area (Å²) in [6.07, 6.45) is -0.863. The van der Waals surface area contributed by atoms with E-state index in [1.165, 1.54) is 12.1 Å². The van der Waals surface area contributed by atoms with Gasteiger partial charge in [0.05, 0.1) is 11.1 Å². The van der Waals surface area contributed by atoms with Crippen molar-refractivity contribution in [3.8, 4) is 0 Å². The highest BCUT2D eigenvalue weighted by Gasteiger charge is 2.36. The third kappa shape index (κ3) is 2.54. The molecule has 1 aliphatic heterocycles. The number of nitrogens with zero attached hydrogens (tertiary/aromatic N) is 1. The summed E-state index contributed by atoms with van der Waals surface area (Å²) in [4.78, 5) is 35.8. The number of ether oxygens (including phenoxy) is 1. The molecule has 3 rings (SSSR count). The Labute approximate surface area is 126 Å². The highest BCUT2D eigenvalue weighted by molar-refractivity contribution is 6.21. The van der Waals surface area contributed by atoms with Crippen molar-refractivity contribution in [1.82, 2.24) is 10.4 Å². The van der Waals surface area contributed by atoms with E-state index in [2.05, 4.69) is 5.43 Å². The maximum Gasteiger partial charge on any atom is 0.426 e. The molecule has 6 heteroatoms. The van der Waals surface area contributed by atoms with Gasteiger partial charge in [0.1, 0.15) is 6.61 Å². The Morgan fingerprint density at radius 3 is 2.05 bits per heavy atom. The second-order valence-corrected chi connectivity index (χ2v) is 4.66. The van der Waals surface area contributed by atoms with Crippen LogP contribution >= 0.6 is 0 Å². The number of imide groups is 1. The average Bonchev–Trinajstić information content (AvgIpc) is 2.79. The summed E-state index contributed by atoms with van der Waals surface area (Å²) >= 11 is 0. The fourth-order valence-electron chi connectivity index (χ4n) is 2.14. The largest absolute Gasteiger partial charge is 0.443 e. The predicted octanol–water partition coefficient (Wildman–Crippen LogP) is 2.12. The first-order valence-corrected chi connectivity index (χ1v) is 6.62. The third-order valence-electron chi connectivity index (χ3n) is 3.21. The van der Waals surface area contributed by atoms with Crippen molar-refractivity contribution in [2.75, 3.05) is 0 Å². The lowest BCUT2D eigenvalue weighted by molar-refractivity contribution is 0.0521. The molecule has 2 aromatic carbocycles. The first kappa shape index (κ1) is 13.8. The second kappa shape index (κ2) is 5.69. The van der Waals surface area contributed by atoms with Crippen LogP contribution in [0.1, 0.15) is 26.3 Å². The van der Waals surface area contributed by atoms with E-state index in [4.69, 9.17) is 4.74 Å². The van der Waals surface area contributed by atoms with Crippen LogP contribution < -0.4 is 5.43 Å². The maximum absolute atomic E-state index is 12.1. The van der Waals surface area contributed by atoms with E-state index in [0.717, 1.165) is 5.56 Å². The molecule has 2 aromatic rings. The number of fused-ring (bicyclic) bond motifs is 1. The summed E-state index contributed by atoms with van der Waals surface area (Å²) in [7, 11) is 0. The van der Waals surface area contributed by atoms with Crippen LogP contribution in [0.4, 0.5) is 4.79 Å². The van der Waals surface area contributed by atoms with Gasteiger partial charge in [-0.1, -0.05) is 42.5 Å². The molecule has 0 spiro atoms. The van der Waals surface area contributed by atoms with E-state index < -0.39 is 17.9 Å². The molecule has 0 saturated heterocycles. The van der Waals surface area contributed by atoms with Crippen LogP contribution in [0.3, 0.4) is 0 Å². The minimum absolute atomic E-state index is 0.0514. The Balaban J connectivity index is 1.63. The van der Waals surface area contributed by atoms with E-state index >= 15 is 0 Å². The van der Waals surface area contributed by atoms with Gasteiger partial charge in [0.2, 0.25) is 0 Å². The van der Waals surface area contributed by atoms with Crippen molar-refractivity contribution >= 4 is 17.9 Å². The monoisotopic (exact) mass is 296 g/mol. The first-order valence-electron chi connectivity index (χ1n) is 6.62. The van der Waals surface area contributed by atoms with Gasteiger partial charge in [-0.15, -0.1) is 0 Å². The molecule has 22 heavy (non-hydrogen) atoms. The number of carbonyl (C=O) groups excluding carboxylic acids is 3. The third-order valence-corrected chi connectivity index (χ3v) is 3.21. The van der Waals surface area contributed by atoms with Gasteiger partial charge in [-0.25, -0.2) is 10.2 Å². The van der Waals surface area contributed by atoms with Crippen molar-refractivity contribution < 1.29 is 19.1 Å². The van der Waals surface area contributed by atoms with Gasteiger partial charge in [0, 0.05) is 0 Å². The van der Waals surface area contributed by atoms with Gasteiger partial charge in [-0.3, -0.25) is 9.59 Å². The van der Waals surface area contributed by atoms with E-state index in [-0.39, 0.29) is 17.7 Å². The standard InChI is InChI=1S/C16H12N2O4/c19-14-12-8-4-5-9-13(12)15(20)18(14)17-16(21)22-10-11-6-2-1-3-7-11/h1-9H,10H2,(H,17,21). The molecule has 3 amide bonds. The quantitative estimate of drug-likeness (QED) is 0.880. The molecule has 0 aliphatic carbocycles. The molecule has 1 aliphatic rings. The van der Waals surface area contributed by atoms with E-state index in [9.17, 15) is 14.4 Å². The zero-order valence-electron chi connectivity index (χ0n) is 11.5.